The van der Waals surface area contributed by atoms with Crippen LogP contribution in [0.25, 0.3) is 22.0 Å². The second-order valence-electron chi connectivity index (χ2n) is 7.34. The maximum atomic E-state index is 13.6. The lowest BCUT2D eigenvalue weighted by Gasteiger charge is -2.20. The smallest absolute Gasteiger partial charge is 0.363 e. The molecule has 0 amide bonds. The molecule has 1 unspecified atom stereocenters. The summed E-state index contributed by atoms with van der Waals surface area (Å²) in [5, 5.41) is 5.12. The van der Waals surface area contributed by atoms with E-state index >= 15 is 0 Å². The van der Waals surface area contributed by atoms with Crippen molar-refractivity contribution in [2.75, 3.05) is 5.32 Å². The van der Waals surface area contributed by atoms with E-state index in [9.17, 15) is 13.2 Å². The summed E-state index contributed by atoms with van der Waals surface area (Å²) in [6.45, 7) is 4.06. The fourth-order valence-electron chi connectivity index (χ4n) is 3.76. The standard InChI is InChI=1S/C25H21F3N2/c1-16-9-3-5-11-19(16)17(2)29-24-20-12-6-4-10-18(20)15-23(30-24)21-13-7-8-14-22(21)25(26,27)28/h3-15,17H,1-2H3,(H,29,30). The summed E-state index contributed by atoms with van der Waals surface area (Å²) in [5.41, 5.74) is 1.93. The van der Waals surface area contributed by atoms with Crippen LogP contribution in [0.5, 0.6) is 0 Å². The van der Waals surface area contributed by atoms with Crippen molar-refractivity contribution in [1.82, 2.24) is 4.98 Å². The largest absolute Gasteiger partial charge is 0.417 e. The molecular formula is C25H21F3N2. The third-order valence-corrected chi connectivity index (χ3v) is 5.26. The minimum Gasteiger partial charge on any atom is -0.363 e. The molecule has 0 aliphatic rings. The van der Waals surface area contributed by atoms with Gasteiger partial charge in [-0.05, 0) is 42.5 Å². The van der Waals surface area contributed by atoms with E-state index in [1.807, 2.05) is 62.4 Å². The molecule has 1 heterocycles. The number of rotatable bonds is 4. The Morgan fingerprint density at radius 2 is 1.53 bits per heavy atom. The Morgan fingerprint density at radius 3 is 2.30 bits per heavy atom. The van der Waals surface area contributed by atoms with E-state index in [0.717, 1.165) is 28.0 Å². The topological polar surface area (TPSA) is 24.9 Å². The lowest BCUT2D eigenvalue weighted by atomic mass is 10.0. The van der Waals surface area contributed by atoms with Crippen LogP contribution in [0.2, 0.25) is 0 Å². The number of hydrogen-bond donors (Lipinski definition) is 1. The average molecular weight is 406 g/mol. The van der Waals surface area contributed by atoms with Crippen LogP contribution in [-0.2, 0) is 6.18 Å². The van der Waals surface area contributed by atoms with E-state index in [1.54, 1.807) is 12.1 Å². The number of halogens is 3. The van der Waals surface area contributed by atoms with Gasteiger partial charge >= 0.3 is 6.18 Å². The van der Waals surface area contributed by atoms with E-state index in [4.69, 9.17) is 0 Å². The summed E-state index contributed by atoms with van der Waals surface area (Å²) in [6, 6.07) is 22.8. The highest BCUT2D eigenvalue weighted by molar-refractivity contribution is 5.95. The zero-order valence-electron chi connectivity index (χ0n) is 16.7. The lowest BCUT2D eigenvalue weighted by Crippen LogP contribution is -2.11. The number of hydrogen-bond acceptors (Lipinski definition) is 2. The lowest BCUT2D eigenvalue weighted by molar-refractivity contribution is -0.137. The number of fused-ring (bicyclic) bond motifs is 1. The molecule has 0 spiro atoms. The minimum atomic E-state index is -4.45. The molecule has 4 aromatic rings. The first-order chi connectivity index (χ1) is 14.3. The molecule has 30 heavy (non-hydrogen) atoms. The van der Waals surface area contributed by atoms with Gasteiger partial charge in [0.05, 0.1) is 17.3 Å². The molecule has 0 aliphatic heterocycles. The quantitative estimate of drug-likeness (QED) is 0.382. The zero-order valence-corrected chi connectivity index (χ0v) is 16.7. The second kappa shape index (κ2) is 7.82. The second-order valence-corrected chi connectivity index (χ2v) is 7.34. The minimum absolute atomic E-state index is 0.0600. The van der Waals surface area contributed by atoms with Gasteiger partial charge in [0.25, 0.3) is 0 Å². The molecule has 3 aromatic carbocycles. The van der Waals surface area contributed by atoms with Crippen LogP contribution < -0.4 is 5.32 Å². The summed E-state index contributed by atoms with van der Waals surface area (Å²) in [5.74, 6) is 0.566. The van der Waals surface area contributed by atoms with E-state index in [0.29, 0.717) is 11.5 Å². The molecule has 1 atom stereocenters. The summed E-state index contributed by atoms with van der Waals surface area (Å²) in [7, 11) is 0. The van der Waals surface area contributed by atoms with Gasteiger partial charge in [0.1, 0.15) is 5.82 Å². The van der Waals surface area contributed by atoms with Crippen molar-refractivity contribution < 1.29 is 13.2 Å². The normalized spacial score (nSPS) is 12.7. The summed E-state index contributed by atoms with van der Waals surface area (Å²) < 4.78 is 40.7. The van der Waals surface area contributed by atoms with E-state index in [2.05, 4.69) is 10.3 Å². The molecule has 4 rings (SSSR count). The molecule has 0 saturated carbocycles. The molecule has 152 valence electrons. The Balaban J connectivity index is 1.85. The molecule has 1 aromatic heterocycles. The summed E-state index contributed by atoms with van der Waals surface area (Å²) in [4.78, 5) is 4.63. The first-order valence-corrected chi connectivity index (χ1v) is 9.73. The van der Waals surface area contributed by atoms with Gasteiger partial charge in [0.2, 0.25) is 0 Å². The Hall–Kier alpha value is -3.34. The van der Waals surface area contributed by atoms with Crippen molar-refractivity contribution in [1.29, 1.82) is 0 Å². The zero-order chi connectivity index (χ0) is 21.3. The van der Waals surface area contributed by atoms with Crippen molar-refractivity contribution in [2.24, 2.45) is 0 Å². The molecule has 0 saturated heterocycles. The predicted molar refractivity (Wildman–Crippen MR) is 115 cm³/mol. The van der Waals surface area contributed by atoms with Gasteiger partial charge in [-0.3, -0.25) is 0 Å². The SMILES string of the molecule is Cc1ccccc1C(C)Nc1nc(-c2ccccc2C(F)(F)F)cc2ccccc12. The fraction of sp³-hybridized carbons (Fsp3) is 0.160. The molecule has 5 heteroatoms. The summed E-state index contributed by atoms with van der Waals surface area (Å²) in [6.07, 6.45) is -4.45. The Kier molecular flexibility index (Phi) is 5.20. The first kappa shape index (κ1) is 20.0. The van der Waals surface area contributed by atoms with Crippen molar-refractivity contribution >= 4 is 16.6 Å². The molecule has 0 aliphatic carbocycles. The van der Waals surface area contributed by atoms with Crippen LogP contribution in [0.15, 0.2) is 78.9 Å². The van der Waals surface area contributed by atoms with Gasteiger partial charge in [0.15, 0.2) is 0 Å². The van der Waals surface area contributed by atoms with E-state index in [-0.39, 0.29) is 11.6 Å². The average Bonchev–Trinajstić information content (AvgIpc) is 2.73. The van der Waals surface area contributed by atoms with Crippen LogP contribution >= 0.6 is 0 Å². The van der Waals surface area contributed by atoms with Crippen molar-refractivity contribution in [3.8, 4) is 11.3 Å². The molecule has 0 bridgehead atoms. The Bertz CT molecular complexity index is 1200. The molecule has 1 N–H and O–H groups in total. The van der Waals surface area contributed by atoms with Crippen LogP contribution in [-0.4, -0.2) is 4.98 Å². The van der Waals surface area contributed by atoms with Crippen LogP contribution in [0, 0.1) is 6.92 Å². The highest BCUT2D eigenvalue weighted by Gasteiger charge is 2.33. The molecule has 0 radical (unpaired) electrons. The maximum absolute atomic E-state index is 13.6. The van der Waals surface area contributed by atoms with Gasteiger partial charge in [-0.25, -0.2) is 4.98 Å². The molecule has 0 fully saturated rings. The van der Waals surface area contributed by atoms with E-state index < -0.39 is 11.7 Å². The third-order valence-electron chi connectivity index (χ3n) is 5.26. The number of aromatic nitrogens is 1. The predicted octanol–water partition coefficient (Wildman–Crippen LogP) is 7.40. The number of benzene rings is 3. The van der Waals surface area contributed by atoms with Crippen molar-refractivity contribution in [2.45, 2.75) is 26.1 Å². The number of anilines is 1. The van der Waals surface area contributed by atoms with Gasteiger partial charge < -0.3 is 5.32 Å². The number of aryl methyl sites for hydroxylation is 1. The Labute approximate surface area is 173 Å². The molecule has 2 nitrogen and oxygen atoms in total. The Morgan fingerprint density at radius 1 is 0.867 bits per heavy atom. The van der Waals surface area contributed by atoms with Gasteiger partial charge in [-0.2, -0.15) is 13.2 Å². The first-order valence-electron chi connectivity index (χ1n) is 9.73. The van der Waals surface area contributed by atoms with Crippen LogP contribution in [0.1, 0.15) is 29.7 Å². The maximum Gasteiger partial charge on any atom is 0.417 e. The number of nitrogens with zero attached hydrogens (tertiary/aromatic N) is 1. The van der Waals surface area contributed by atoms with Crippen LogP contribution in [0.3, 0.4) is 0 Å². The summed E-state index contributed by atoms with van der Waals surface area (Å²) >= 11 is 0. The van der Waals surface area contributed by atoms with Gasteiger partial charge in [-0.15, -0.1) is 0 Å². The van der Waals surface area contributed by atoms with Gasteiger partial charge in [0, 0.05) is 10.9 Å². The van der Waals surface area contributed by atoms with E-state index in [1.165, 1.54) is 12.1 Å². The van der Waals surface area contributed by atoms with Gasteiger partial charge in [-0.1, -0.05) is 66.7 Å². The monoisotopic (exact) mass is 406 g/mol. The highest BCUT2D eigenvalue weighted by atomic mass is 19.4. The third kappa shape index (κ3) is 3.88. The fourth-order valence-corrected chi connectivity index (χ4v) is 3.76. The number of pyridine rings is 1. The van der Waals surface area contributed by atoms with Crippen molar-refractivity contribution in [3.63, 3.8) is 0 Å². The van der Waals surface area contributed by atoms with Crippen molar-refractivity contribution in [3.05, 3.63) is 95.6 Å². The highest BCUT2D eigenvalue weighted by Crippen LogP contribution is 2.38. The number of nitrogens with one attached hydrogen (secondary N) is 1. The number of alkyl halides is 3. The molecular weight excluding hydrogens is 385 g/mol. The van der Waals surface area contributed by atoms with Crippen LogP contribution in [0.4, 0.5) is 19.0 Å².